The Bertz CT molecular complexity index is 1120. The van der Waals surface area contributed by atoms with Crippen LogP contribution in [0.2, 0.25) is 0 Å². The van der Waals surface area contributed by atoms with Crippen LogP contribution in [0.4, 0.5) is 15.1 Å². The molecule has 10 nitrogen and oxygen atoms in total. The number of aromatic nitrogens is 2. The highest BCUT2D eigenvalue weighted by Gasteiger charge is 2.20. The lowest BCUT2D eigenvalue weighted by Crippen LogP contribution is -2.16. The zero-order valence-corrected chi connectivity index (χ0v) is 15.8. The molecule has 0 aliphatic heterocycles. The topological polar surface area (TPSA) is 140 Å². The number of nitrogens with zero attached hydrogens (tertiary/aromatic N) is 2. The van der Waals surface area contributed by atoms with Gasteiger partial charge in [-0.05, 0) is 42.5 Å². The summed E-state index contributed by atoms with van der Waals surface area (Å²) in [6.07, 6.45) is -0.861. The van der Waals surface area contributed by atoms with Gasteiger partial charge in [0.2, 0.25) is 5.95 Å². The molecule has 0 unspecified atom stereocenters. The van der Waals surface area contributed by atoms with Crippen LogP contribution in [-0.2, 0) is 20.6 Å². The molecule has 1 aromatic heterocycles. The number of fused-ring (bicyclic) bond motifs is 1. The lowest BCUT2D eigenvalue weighted by Gasteiger charge is -2.11. The number of anilines is 1. The van der Waals surface area contributed by atoms with Gasteiger partial charge in [-0.15, -0.1) is 0 Å². The number of methoxy groups -OCH3 is 1. The average Bonchev–Trinajstić information content (AvgIpc) is 3.01. The number of benzene rings is 2. The lowest BCUT2D eigenvalue weighted by atomic mass is 10.0. The van der Waals surface area contributed by atoms with Crippen molar-refractivity contribution in [2.45, 2.75) is 6.73 Å². The molecule has 0 radical (unpaired) electrons. The number of ether oxygens (including phenoxy) is 1. The van der Waals surface area contributed by atoms with Crippen molar-refractivity contribution in [1.82, 2.24) is 9.55 Å². The zero-order valence-electron chi connectivity index (χ0n) is 14.9. The quantitative estimate of drug-likeness (QED) is 0.406. The highest BCUT2D eigenvalue weighted by Crippen LogP contribution is 2.37. The van der Waals surface area contributed by atoms with Crippen LogP contribution in [0.5, 0.6) is 0 Å². The number of carbonyl (C=O) groups is 2. The van der Waals surface area contributed by atoms with Gasteiger partial charge in [0, 0.05) is 11.1 Å². The van der Waals surface area contributed by atoms with E-state index in [9.17, 15) is 18.5 Å². The fourth-order valence-electron chi connectivity index (χ4n) is 2.53. The summed E-state index contributed by atoms with van der Waals surface area (Å²) in [5.41, 5.74) is 1.04. The van der Waals surface area contributed by atoms with E-state index in [-0.39, 0.29) is 22.6 Å². The molecule has 3 rings (SSSR count). The van der Waals surface area contributed by atoms with Crippen LogP contribution < -0.4 is 5.32 Å². The van der Waals surface area contributed by atoms with Gasteiger partial charge in [0.1, 0.15) is 12.5 Å². The lowest BCUT2D eigenvalue weighted by molar-refractivity contribution is 0.103. The maximum atomic E-state index is 13.1. The van der Waals surface area contributed by atoms with E-state index in [1.807, 2.05) is 0 Å². The third-order valence-corrected chi connectivity index (χ3v) is 4.32. The predicted octanol–water partition coefficient (Wildman–Crippen LogP) is 2.65. The van der Waals surface area contributed by atoms with Crippen molar-refractivity contribution >= 4 is 36.7 Å². The molecule has 152 valence electrons. The van der Waals surface area contributed by atoms with Crippen LogP contribution in [-0.4, -0.2) is 38.3 Å². The van der Waals surface area contributed by atoms with E-state index < -0.39 is 32.2 Å². The molecule has 0 saturated carbocycles. The fourth-order valence-corrected chi connectivity index (χ4v) is 2.80. The minimum absolute atomic E-state index is 0.105. The van der Waals surface area contributed by atoms with Gasteiger partial charge in [0.15, 0.2) is 5.78 Å². The van der Waals surface area contributed by atoms with Crippen LogP contribution in [0.15, 0.2) is 42.5 Å². The molecule has 29 heavy (non-hydrogen) atoms. The van der Waals surface area contributed by atoms with E-state index in [1.54, 1.807) is 0 Å². The van der Waals surface area contributed by atoms with Gasteiger partial charge in [-0.3, -0.25) is 19.2 Å². The summed E-state index contributed by atoms with van der Waals surface area (Å²) in [7, 11) is -3.69. The number of hydrogen-bond acceptors (Lipinski definition) is 6. The fraction of sp³-hybridized carbons (Fsp3) is 0.118. The molecular weight excluding hydrogens is 408 g/mol. The van der Waals surface area contributed by atoms with Crippen molar-refractivity contribution in [3.63, 3.8) is 0 Å². The summed E-state index contributed by atoms with van der Waals surface area (Å²) in [4.78, 5) is 46.3. The van der Waals surface area contributed by atoms with Crippen molar-refractivity contribution in [3.8, 4) is 0 Å². The summed E-state index contributed by atoms with van der Waals surface area (Å²) >= 11 is 0. The van der Waals surface area contributed by atoms with E-state index in [4.69, 9.17) is 9.79 Å². The Morgan fingerprint density at radius 3 is 2.45 bits per heavy atom. The molecule has 0 atom stereocenters. The van der Waals surface area contributed by atoms with Gasteiger partial charge in [-0.2, -0.15) is 0 Å². The summed E-state index contributed by atoms with van der Waals surface area (Å²) in [6.45, 7) is -0.658. The van der Waals surface area contributed by atoms with Crippen molar-refractivity contribution in [3.05, 3.63) is 59.4 Å². The molecule has 0 aliphatic rings. The number of imidazole rings is 1. The van der Waals surface area contributed by atoms with Crippen molar-refractivity contribution in [1.29, 1.82) is 0 Å². The Balaban J connectivity index is 2.04. The van der Waals surface area contributed by atoms with Crippen LogP contribution in [0, 0.1) is 5.82 Å². The van der Waals surface area contributed by atoms with Gasteiger partial charge < -0.3 is 14.5 Å². The van der Waals surface area contributed by atoms with Crippen molar-refractivity contribution in [2.75, 3.05) is 12.4 Å². The first-order valence-corrected chi connectivity index (χ1v) is 9.56. The molecule has 1 amide bonds. The first-order valence-electron chi connectivity index (χ1n) is 8.03. The minimum Gasteiger partial charge on any atom is -0.453 e. The Hall–Kier alpha value is -3.11. The maximum Gasteiger partial charge on any atom is 0.471 e. The Kier molecular flexibility index (Phi) is 5.76. The average molecular weight is 423 g/mol. The zero-order chi connectivity index (χ0) is 21.2. The maximum absolute atomic E-state index is 13.1. The molecule has 1 heterocycles. The number of ketones is 1. The van der Waals surface area contributed by atoms with Crippen LogP contribution in [0.25, 0.3) is 11.0 Å². The molecule has 3 aromatic rings. The number of phosphoric ester groups is 1. The van der Waals surface area contributed by atoms with E-state index in [1.165, 1.54) is 30.3 Å². The van der Waals surface area contributed by atoms with Crippen molar-refractivity contribution in [2.24, 2.45) is 0 Å². The molecule has 0 fully saturated rings. The second-order valence-electron chi connectivity index (χ2n) is 5.77. The third-order valence-electron chi connectivity index (χ3n) is 3.87. The number of halogens is 1. The summed E-state index contributed by atoms with van der Waals surface area (Å²) in [5, 5.41) is 2.30. The number of carbonyl (C=O) groups excluding carboxylic acids is 2. The van der Waals surface area contributed by atoms with E-state index in [2.05, 4.69) is 19.6 Å². The Morgan fingerprint density at radius 2 is 1.83 bits per heavy atom. The van der Waals surface area contributed by atoms with Gasteiger partial charge in [0.05, 0.1) is 18.1 Å². The third kappa shape index (κ3) is 4.84. The molecule has 0 bridgehead atoms. The molecule has 3 N–H and O–H groups in total. The minimum atomic E-state index is -4.82. The number of hydrogen-bond donors (Lipinski definition) is 3. The molecule has 12 heteroatoms. The predicted molar refractivity (Wildman–Crippen MR) is 98.7 cm³/mol. The number of amides is 1. The molecule has 2 aromatic carbocycles. The number of nitrogens with one attached hydrogen (secondary N) is 1. The number of phosphoric acid groups is 1. The second kappa shape index (κ2) is 8.10. The highest BCUT2D eigenvalue weighted by molar-refractivity contribution is 7.46. The summed E-state index contributed by atoms with van der Waals surface area (Å²) in [6, 6.07) is 9.37. The largest absolute Gasteiger partial charge is 0.471 e. The van der Waals surface area contributed by atoms with Crippen LogP contribution in [0.1, 0.15) is 15.9 Å². The van der Waals surface area contributed by atoms with Gasteiger partial charge in [-0.25, -0.2) is 18.7 Å². The molecule has 0 aliphatic carbocycles. The molecule has 0 saturated heterocycles. The first-order chi connectivity index (χ1) is 13.7. The van der Waals surface area contributed by atoms with E-state index in [0.717, 1.165) is 23.8 Å². The first kappa shape index (κ1) is 20.6. The SMILES string of the molecule is COC(=O)Nc1nc2ccc(C(=O)c3ccc(F)cc3)cc2n1COP(=O)(O)O. The standard InChI is InChI=1S/C17H15FN3O7P/c1-27-17(23)20-16-19-13-7-4-11(15(22)10-2-5-12(18)6-3-10)8-14(13)21(16)9-28-29(24,25)26/h2-8H,9H2,1H3,(H,19,20,23)(H2,24,25,26). The van der Waals surface area contributed by atoms with Gasteiger partial charge in [0.25, 0.3) is 0 Å². The van der Waals surface area contributed by atoms with Gasteiger partial charge in [-0.1, -0.05) is 0 Å². The van der Waals surface area contributed by atoms with E-state index >= 15 is 0 Å². The highest BCUT2D eigenvalue weighted by atomic mass is 31.2. The monoisotopic (exact) mass is 423 g/mol. The van der Waals surface area contributed by atoms with Crippen LogP contribution in [0.3, 0.4) is 0 Å². The second-order valence-corrected chi connectivity index (χ2v) is 7.01. The Labute approximate surface area is 163 Å². The summed E-state index contributed by atoms with van der Waals surface area (Å²) < 4.78 is 34.3. The molecule has 0 spiro atoms. The van der Waals surface area contributed by atoms with Crippen molar-refractivity contribution < 1.29 is 37.6 Å². The smallest absolute Gasteiger partial charge is 0.453 e. The van der Waals surface area contributed by atoms with Gasteiger partial charge >= 0.3 is 13.9 Å². The summed E-state index contributed by atoms with van der Waals surface area (Å²) in [5.74, 6) is -0.993. The molecular formula is C17H15FN3O7P. The normalized spacial score (nSPS) is 11.4. The van der Waals surface area contributed by atoms with Crippen LogP contribution >= 0.6 is 7.82 Å². The Morgan fingerprint density at radius 1 is 1.17 bits per heavy atom. The van der Waals surface area contributed by atoms with E-state index in [0.29, 0.717) is 5.52 Å². The number of rotatable bonds is 6.